The molecular formula is C16H12N6O3S2. The lowest BCUT2D eigenvalue weighted by molar-refractivity contribution is 0.574. The molecule has 0 atom stereocenters. The second-order valence-electron chi connectivity index (χ2n) is 5.26. The Kier molecular flexibility index (Phi) is 4.52. The molecule has 27 heavy (non-hydrogen) atoms. The number of anilines is 1. The minimum atomic E-state index is -3.68. The quantitative estimate of drug-likeness (QED) is 0.498. The van der Waals surface area contributed by atoms with Crippen LogP contribution in [0.4, 0.5) is 5.13 Å². The molecule has 4 rings (SSSR count). The van der Waals surface area contributed by atoms with Gasteiger partial charge in [0.05, 0.1) is 11.1 Å². The first kappa shape index (κ1) is 17.1. The minimum Gasteiger partial charge on any atom is -0.455 e. The second kappa shape index (κ2) is 7.13. The molecule has 0 amide bonds. The highest BCUT2D eigenvalue weighted by Crippen LogP contribution is 2.24. The molecule has 11 heteroatoms. The first-order valence-electron chi connectivity index (χ1n) is 7.62. The number of hydrogen-bond acceptors (Lipinski definition) is 8. The van der Waals surface area contributed by atoms with Crippen LogP contribution in [0.2, 0.25) is 0 Å². The third-order valence-corrected chi connectivity index (χ3v) is 5.63. The van der Waals surface area contributed by atoms with Gasteiger partial charge in [-0.05, 0) is 36.4 Å². The van der Waals surface area contributed by atoms with Gasteiger partial charge in [-0.3, -0.25) is 4.72 Å². The van der Waals surface area contributed by atoms with Crippen LogP contribution in [0, 0.1) is 0 Å². The van der Waals surface area contributed by atoms with E-state index < -0.39 is 10.0 Å². The summed E-state index contributed by atoms with van der Waals surface area (Å²) in [7, 11) is -3.68. The van der Waals surface area contributed by atoms with E-state index >= 15 is 0 Å². The number of rotatable bonds is 6. The summed E-state index contributed by atoms with van der Waals surface area (Å²) in [5.41, 5.74) is 0.743. The molecule has 1 aromatic carbocycles. The van der Waals surface area contributed by atoms with Crippen molar-refractivity contribution in [2.45, 2.75) is 4.90 Å². The molecule has 3 heterocycles. The minimum absolute atomic E-state index is 0.141. The summed E-state index contributed by atoms with van der Waals surface area (Å²) < 4.78 is 34.3. The van der Waals surface area contributed by atoms with E-state index in [0.29, 0.717) is 16.7 Å². The van der Waals surface area contributed by atoms with Gasteiger partial charge in [-0.1, -0.05) is 0 Å². The molecule has 9 nitrogen and oxygen atoms in total. The third-order valence-electron chi connectivity index (χ3n) is 3.45. The van der Waals surface area contributed by atoms with Crippen molar-refractivity contribution < 1.29 is 12.8 Å². The number of furan rings is 1. The molecule has 1 N–H and O–H groups in total. The summed E-state index contributed by atoms with van der Waals surface area (Å²) in [5, 5.41) is 13.4. The summed E-state index contributed by atoms with van der Waals surface area (Å²) >= 11 is 1.21. The van der Waals surface area contributed by atoms with E-state index in [4.69, 9.17) is 4.42 Å². The lowest BCUT2D eigenvalue weighted by Crippen LogP contribution is -2.12. The standard InChI is InChI=1S/C16H12N6O3S2/c23-27(24,21-16-17-7-8-26-16)14-4-1-12(2-5-14)15-6-3-13(25-15)9-20-22-10-18-19-11-22/h1-11H,(H,17,21)/b20-9-. The van der Waals surface area contributed by atoms with Crippen molar-refractivity contribution in [2.75, 3.05) is 4.72 Å². The van der Waals surface area contributed by atoms with Gasteiger partial charge in [-0.2, -0.15) is 5.10 Å². The van der Waals surface area contributed by atoms with E-state index in [1.807, 2.05) is 0 Å². The van der Waals surface area contributed by atoms with Gasteiger partial charge in [0, 0.05) is 17.1 Å². The maximum atomic E-state index is 12.4. The number of benzene rings is 1. The monoisotopic (exact) mass is 400 g/mol. The average Bonchev–Trinajstić information content (AvgIpc) is 3.42. The van der Waals surface area contributed by atoms with Crippen molar-refractivity contribution in [3.05, 3.63) is 66.4 Å². The van der Waals surface area contributed by atoms with Gasteiger partial charge in [0.2, 0.25) is 0 Å². The highest BCUT2D eigenvalue weighted by Gasteiger charge is 2.15. The van der Waals surface area contributed by atoms with Crippen LogP contribution in [0.15, 0.2) is 75.0 Å². The van der Waals surface area contributed by atoms with Crippen molar-refractivity contribution in [2.24, 2.45) is 5.10 Å². The number of thiazole rings is 1. The summed E-state index contributed by atoms with van der Waals surface area (Å²) in [6.45, 7) is 0. The zero-order valence-electron chi connectivity index (χ0n) is 13.6. The van der Waals surface area contributed by atoms with Gasteiger partial charge in [-0.15, -0.1) is 21.5 Å². The highest BCUT2D eigenvalue weighted by atomic mass is 32.2. The third kappa shape index (κ3) is 3.93. The maximum absolute atomic E-state index is 12.4. The van der Waals surface area contributed by atoms with E-state index in [1.165, 1.54) is 53.2 Å². The number of aromatic nitrogens is 4. The van der Waals surface area contributed by atoms with Crippen LogP contribution in [0.1, 0.15) is 5.76 Å². The Labute approximate surface area is 158 Å². The van der Waals surface area contributed by atoms with Crippen LogP contribution in [0.5, 0.6) is 0 Å². The lowest BCUT2D eigenvalue weighted by Gasteiger charge is -2.05. The fourth-order valence-corrected chi connectivity index (χ4v) is 3.99. The molecule has 4 aromatic rings. The SMILES string of the molecule is O=S(=O)(Nc1nccs1)c1ccc(-c2ccc(/C=N\n3cnnc3)o2)cc1. The topological polar surface area (TPSA) is 115 Å². The Hall–Kier alpha value is -3.31. The molecule has 0 saturated heterocycles. The predicted molar refractivity (Wildman–Crippen MR) is 100 cm³/mol. The van der Waals surface area contributed by atoms with Gasteiger partial charge >= 0.3 is 0 Å². The molecule has 0 aliphatic heterocycles. The van der Waals surface area contributed by atoms with Crippen molar-refractivity contribution >= 4 is 32.7 Å². The van der Waals surface area contributed by atoms with Crippen molar-refractivity contribution in [1.82, 2.24) is 19.9 Å². The van der Waals surface area contributed by atoms with Crippen molar-refractivity contribution in [1.29, 1.82) is 0 Å². The molecule has 136 valence electrons. The molecule has 0 saturated carbocycles. The summed E-state index contributed by atoms with van der Waals surface area (Å²) in [4.78, 5) is 4.06. The first-order valence-corrected chi connectivity index (χ1v) is 9.98. The van der Waals surface area contributed by atoms with Crippen LogP contribution in [0.25, 0.3) is 11.3 Å². The van der Waals surface area contributed by atoms with E-state index in [-0.39, 0.29) is 4.90 Å². The summed E-state index contributed by atoms with van der Waals surface area (Å²) in [6.07, 6.45) is 5.98. The second-order valence-corrected chi connectivity index (χ2v) is 7.83. The lowest BCUT2D eigenvalue weighted by atomic mass is 10.2. The Morgan fingerprint density at radius 1 is 1.11 bits per heavy atom. The number of hydrogen-bond donors (Lipinski definition) is 1. The molecule has 0 radical (unpaired) electrons. The zero-order valence-corrected chi connectivity index (χ0v) is 15.3. The number of sulfonamides is 1. The molecule has 0 fully saturated rings. The van der Waals surface area contributed by atoms with Crippen LogP contribution >= 0.6 is 11.3 Å². The van der Waals surface area contributed by atoms with E-state index in [9.17, 15) is 8.42 Å². The summed E-state index contributed by atoms with van der Waals surface area (Å²) in [5.74, 6) is 1.14. The Balaban J connectivity index is 1.51. The van der Waals surface area contributed by atoms with Crippen LogP contribution in [0.3, 0.4) is 0 Å². The normalized spacial score (nSPS) is 11.9. The van der Waals surface area contributed by atoms with E-state index in [0.717, 1.165) is 5.56 Å². The van der Waals surface area contributed by atoms with Crippen LogP contribution in [-0.2, 0) is 10.0 Å². The van der Waals surface area contributed by atoms with Crippen LogP contribution < -0.4 is 4.72 Å². The largest absolute Gasteiger partial charge is 0.455 e. The smallest absolute Gasteiger partial charge is 0.263 e. The Bertz CT molecular complexity index is 1150. The molecular weight excluding hydrogens is 388 g/mol. The van der Waals surface area contributed by atoms with E-state index in [1.54, 1.807) is 29.6 Å². The molecule has 0 aliphatic rings. The number of nitrogens with zero attached hydrogens (tertiary/aromatic N) is 5. The molecule has 0 aliphatic carbocycles. The Morgan fingerprint density at radius 2 is 1.89 bits per heavy atom. The molecule has 0 spiro atoms. The predicted octanol–water partition coefficient (Wildman–Crippen LogP) is 2.68. The maximum Gasteiger partial charge on any atom is 0.263 e. The van der Waals surface area contributed by atoms with Crippen molar-refractivity contribution in [3.63, 3.8) is 0 Å². The fraction of sp³-hybridized carbons (Fsp3) is 0. The van der Waals surface area contributed by atoms with Gasteiger partial charge in [0.1, 0.15) is 24.2 Å². The van der Waals surface area contributed by atoms with Gasteiger partial charge in [0.25, 0.3) is 10.0 Å². The zero-order chi connectivity index (χ0) is 18.7. The van der Waals surface area contributed by atoms with Gasteiger partial charge < -0.3 is 4.42 Å². The number of nitrogens with one attached hydrogen (secondary N) is 1. The van der Waals surface area contributed by atoms with E-state index in [2.05, 4.69) is 25.0 Å². The highest BCUT2D eigenvalue weighted by molar-refractivity contribution is 7.93. The average molecular weight is 400 g/mol. The molecule has 3 aromatic heterocycles. The van der Waals surface area contributed by atoms with Crippen LogP contribution in [-0.4, -0.2) is 34.5 Å². The Morgan fingerprint density at radius 3 is 2.59 bits per heavy atom. The van der Waals surface area contributed by atoms with Gasteiger partial charge in [0.15, 0.2) is 5.13 Å². The van der Waals surface area contributed by atoms with Gasteiger partial charge in [-0.25, -0.2) is 18.1 Å². The first-order chi connectivity index (χ1) is 13.1. The molecule has 0 unspecified atom stereocenters. The van der Waals surface area contributed by atoms with Crippen molar-refractivity contribution in [3.8, 4) is 11.3 Å². The fourth-order valence-electron chi connectivity index (χ4n) is 2.20. The summed E-state index contributed by atoms with van der Waals surface area (Å²) in [6, 6.07) is 9.92. The molecule has 0 bridgehead atoms.